The van der Waals surface area contributed by atoms with Crippen molar-refractivity contribution >= 4 is 5.69 Å². The van der Waals surface area contributed by atoms with Gasteiger partial charge in [0.25, 0.3) is 0 Å². The second kappa shape index (κ2) is 6.57. The van der Waals surface area contributed by atoms with E-state index in [0.717, 1.165) is 22.6 Å². The lowest BCUT2D eigenvalue weighted by atomic mass is 9.84. The van der Waals surface area contributed by atoms with Crippen LogP contribution in [0.25, 0.3) is 0 Å². The number of ether oxygens (including phenoxy) is 2. The molecule has 2 aromatic rings. The SMILES string of the molecule is CN1/C(=C\N=NCc2ccc3c(c2)COCO3)C(C)(C)c2ccccc21. The van der Waals surface area contributed by atoms with E-state index in [0.29, 0.717) is 19.9 Å². The van der Waals surface area contributed by atoms with E-state index in [9.17, 15) is 0 Å². The predicted molar refractivity (Wildman–Crippen MR) is 101 cm³/mol. The first-order chi connectivity index (χ1) is 12.6. The molecule has 26 heavy (non-hydrogen) atoms. The normalized spacial score (nSPS) is 19.5. The van der Waals surface area contributed by atoms with E-state index in [2.05, 4.69) is 66.4 Å². The minimum atomic E-state index is -0.0785. The fraction of sp³-hybridized carbons (Fsp3) is 0.333. The summed E-state index contributed by atoms with van der Waals surface area (Å²) >= 11 is 0. The monoisotopic (exact) mass is 349 g/mol. The standard InChI is InChI=1S/C21H23N3O2/c1-21(2)17-6-4-5-7-18(17)24(3)20(21)12-23-22-11-15-8-9-19-16(10-15)13-25-14-26-19/h4-10,12H,11,13-14H2,1-3H3/b20-12-,23-22?. The maximum absolute atomic E-state index is 5.45. The van der Waals surface area contributed by atoms with Crippen molar-refractivity contribution in [2.24, 2.45) is 10.2 Å². The highest BCUT2D eigenvalue weighted by atomic mass is 16.7. The van der Waals surface area contributed by atoms with Crippen LogP contribution in [0.1, 0.15) is 30.5 Å². The van der Waals surface area contributed by atoms with Crippen LogP contribution in [0.5, 0.6) is 5.75 Å². The molecule has 2 aromatic carbocycles. The van der Waals surface area contributed by atoms with Gasteiger partial charge in [-0.1, -0.05) is 38.1 Å². The van der Waals surface area contributed by atoms with Gasteiger partial charge in [-0.05, 0) is 29.3 Å². The number of nitrogens with zero attached hydrogens (tertiary/aromatic N) is 3. The molecule has 2 aliphatic rings. The predicted octanol–water partition coefficient (Wildman–Crippen LogP) is 4.77. The van der Waals surface area contributed by atoms with Gasteiger partial charge in [0.2, 0.25) is 0 Å². The molecule has 0 fully saturated rings. The number of hydrogen-bond acceptors (Lipinski definition) is 5. The second-order valence-electron chi connectivity index (χ2n) is 7.18. The lowest BCUT2D eigenvalue weighted by molar-refractivity contribution is -0.0164. The maximum Gasteiger partial charge on any atom is 0.189 e. The number of rotatable bonds is 3. The molecule has 0 amide bonds. The van der Waals surface area contributed by atoms with Gasteiger partial charge in [-0.2, -0.15) is 10.2 Å². The number of allylic oxidation sites excluding steroid dienone is 1. The van der Waals surface area contributed by atoms with Crippen molar-refractivity contribution in [2.45, 2.75) is 32.4 Å². The van der Waals surface area contributed by atoms with Gasteiger partial charge >= 0.3 is 0 Å². The van der Waals surface area contributed by atoms with Crippen molar-refractivity contribution in [3.05, 3.63) is 71.1 Å². The maximum atomic E-state index is 5.45. The van der Waals surface area contributed by atoms with Crippen LogP contribution in [0.2, 0.25) is 0 Å². The zero-order chi connectivity index (χ0) is 18.1. The average Bonchev–Trinajstić information content (AvgIpc) is 2.85. The Bertz CT molecular complexity index is 887. The molecule has 0 aliphatic carbocycles. The van der Waals surface area contributed by atoms with Crippen LogP contribution < -0.4 is 9.64 Å². The molecule has 0 unspecified atom stereocenters. The minimum absolute atomic E-state index is 0.0785. The summed E-state index contributed by atoms with van der Waals surface area (Å²) in [7, 11) is 2.08. The van der Waals surface area contributed by atoms with Gasteiger partial charge in [0, 0.05) is 29.4 Å². The molecule has 0 radical (unpaired) electrons. The third-order valence-electron chi connectivity index (χ3n) is 5.14. The minimum Gasteiger partial charge on any atom is -0.467 e. The Morgan fingerprint density at radius 3 is 2.88 bits per heavy atom. The van der Waals surface area contributed by atoms with E-state index in [-0.39, 0.29) is 5.41 Å². The molecule has 2 heterocycles. The van der Waals surface area contributed by atoms with Gasteiger partial charge in [0.1, 0.15) is 5.75 Å². The number of fused-ring (bicyclic) bond motifs is 2. The summed E-state index contributed by atoms with van der Waals surface area (Å²) < 4.78 is 10.8. The van der Waals surface area contributed by atoms with Crippen LogP contribution in [0.4, 0.5) is 5.69 Å². The number of para-hydroxylation sites is 1. The highest BCUT2D eigenvalue weighted by molar-refractivity contribution is 5.69. The van der Waals surface area contributed by atoms with Crippen molar-refractivity contribution in [1.82, 2.24) is 0 Å². The Kier molecular flexibility index (Phi) is 4.24. The van der Waals surface area contributed by atoms with Crippen molar-refractivity contribution in [2.75, 3.05) is 18.7 Å². The van der Waals surface area contributed by atoms with Crippen LogP contribution in [-0.2, 0) is 23.3 Å². The third kappa shape index (κ3) is 2.88. The number of azo groups is 1. The summed E-state index contributed by atoms with van der Waals surface area (Å²) in [6, 6.07) is 14.6. The van der Waals surface area contributed by atoms with E-state index >= 15 is 0 Å². The third-order valence-corrected chi connectivity index (χ3v) is 5.14. The van der Waals surface area contributed by atoms with E-state index < -0.39 is 0 Å². The fourth-order valence-corrected chi connectivity index (χ4v) is 3.69. The van der Waals surface area contributed by atoms with Gasteiger partial charge in [-0.3, -0.25) is 0 Å². The van der Waals surface area contributed by atoms with Crippen LogP contribution >= 0.6 is 0 Å². The summed E-state index contributed by atoms with van der Waals surface area (Å²) in [6.07, 6.45) is 1.88. The molecule has 0 aromatic heterocycles. The molecule has 5 nitrogen and oxygen atoms in total. The average molecular weight is 349 g/mol. The molecular formula is C21H23N3O2. The van der Waals surface area contributed by atoms with Crippen LogP contribution in [0.3, 0.4) is 0 Å². The first-order valence-electron chi connectivity index (χ1n) is 8.80. The molecular weight excluding hydrogens is 326 g/mol. The van der Waals surface area contributed by atoms with Crippen molar-refractivity contribution in [1.29, 1.82) is 0 Å². The Morgan fingerprint density at radius 2 is 2.04 bits per heavy atom. The van der Waals surface area contributed by atoms with Crippen LogP contribution in [-0.4, -0.2) is 13.8 Å². The van der Waals surface area contributed by atoms with Crippen LogP contribution in [0, 0.1) is 0 Å². The topological polar surface area (TPSA) is 46.4 Å². The van der Waals surface area contributed by atoms with E-state index in [1.165, 1.54) is 11.3 Å². The molecule has 0 N–H and O–H groups in total. The van der Waals surface area contributed by atoms with Gasteiger partial charge in [0.15, 0.2) is 6.79 Å². The Morgan fingerprint density at radius 1 is 1.19 bits per heavy atom. The summed E-state index contributed by atoms with van der Waals surface area (Å²) in [6.45, 7) is 5.89. The largest absolute Gasteiger partial charge is 0.467 e. The number of hydrogen-bond donors (Lipinski definition) is 0. The highest BCUT2D eigenvalue weighted by Crippen LogP contribution is 2.46. The zero-order valence-corrected chi connectivity index (χ0v) is 15.4. The summed E-state index contributed by atoms with van der Waals surface area (Å²) in [4.78, 5) is 2.20. The van der Waals surface area contributed by atoms with Crippen molar-refractivity contribution < 1.29 is 9.47 Å². The summed E-state index contributed by atoms with van der Waals surface area (Å²) in [5.74, 6) is 0.895. The lowest BCUT2D eigenvalue weighted by Gasteiger charge is -2.22. The second-order valence-corrected chi connectivity index (χ2v) is 7.18. The Balaban J connectivity index is 1.50. The molecule has 134 valence electrons. The van der Waals surface area contributed by atoms with Gasteiger partial charge < -0.3 is 14.4 Å². The zero-order valence-electron chi connectivity index (χ0n) is 15.4. The smallest absolute Gasteiger partial charge is 0.189 e. The van der Waals surface area contributed by atoms with Crippen LogP contribution in [0.15, 0.2) is 64.6 Å². The molecule has 0 saturated heterocycles. The molecule has 4 rings (SSSR count). The molecule has 0 atom stereocenters. The number of likely N-dealkylation sites (N-methyl/N-ethyl adjacent to an activating group) is 1. The molecule has 0 saturated carbocycles. The number of anilines is 1. The quantitative estimate of drug-likeness (QED) is 0.750. The molecule has 5 heteroatoms. The molecule has 0 spiro atoms. The van der Waals surface area contributed by atoms with Gasteiger partial charge in [0.05, 0.1) is 19.4 Å². The summed E-state index contributed by atoms with van der Waals surface area (Å²) in [5.41, 5.74) is 5.78. The molecule has 2 aliphatic heterocycles. The van der Waals surface area contributed by atoms with E-state index in [4.69, 9.17) is 9.47 Å². The van der Waals surface area contributed by atoms with Gasteiger partial charge in [-0.15, -0.1) is 0 Å². The summed E-state index contributed by atoms with van der Waals surface area (Å²) in [5, 5.41) is 8.71. The first kappa shape index (κ1) is 16.8. The first-order valence-corrected chi connectivity index (χ1v) is 8.80. The fourth-order valence-electron chi connectivity index (χ4n) is 3.69. The Hall–Kier alpha value is -2.66. The van der Waals surface area contributed by atoms with Crippen molar-refractivity contribution in [3.63, 3.8) is 0 Å². The highest BCUT2D eigenvalue weighted by Gasteiger charge is 2.38. The number of benzene rings is 2. The van der Waals surface area contributed by atoms with E-state index in [1.807, 2.05) is 18.3 Å². The Labute approximate surface area is 154 Å². The lowest BCUT2D eigenvalue weighted by Crippen LogP contribution is -2.22. The molecule has 0 bridgehead atoms. The van der Waals surface area contributed by atoms with Gasteiger partial charge in [-0.25, -0.2) is 0 Å². The van der Waals surface area contributed by atoms with Crippen molar-refractivity contribution in [3.8, 4) is 5.75 Å². The van der Waals surface area contributed by atoms with E-state index in [1.54, 1.807) is 0 Å².